The van der Waals surface area contributed by atoms with Crippen molar-refractivity contribution in [2.45, 2.75) is 54.4 Å². The number of nitrogens with two attached hydrogens (primary N) is 2. The molecule has 0 aromatic rings. The Hall–Kier alpha value is -0.120. The molecule has 0 atom stereocenters. The Morgan fingerprint density at radius 1 is 0.722 bits per heavy atom. The fraction of sp³-hybridized carbons (Fsp3) is 1.00. The molecule has 3 nitrogen and oxygen atoms in total. The summed E-state index contributed by atoms with van der Waals surface area (Å²) in [6.07, 6.45) is 2.17. The van der Waals surface area contributed by atoms with Gasteiger partial charge in [-0.2, -0.15) is 0 Å². The minimum absolute atomic E-state index is 0.785. The zero-order valence-corrected chi connectivity index (χ0v) is 14.0. The number of hydrogen-bond acceptors (Lipinski definition) is 3. The first kappa shape index (κ1) is 23.0. The van der Waals surface area contributed by atoms with E-state index in [-0.39, 0.29) is 0 Å². The quantitative estimate of drug-likeness (QED) is 0.773. The molecule has 0 amide bonds. The predicted octanol–water partition coefficient (Wildman–Crippen LogP) is 2.94. The number of hydrogen-bond donors (Lipinski definition) is 2. The van der Waals surface area contributed by atoms with E-state index in [2.05, 4.69) is 53.5 Å². The SMILES string of the molecule is CC(C)C.CC(C)C.CN(CCCN)CCCN. The Balaban J connectivity index is -0.000000233. The van der Waals surface area contributed by atoms with Gasteiger partial charge in [-0.15, -0.1) is 0 Å². The average molecular weight is 261 g/mol. The van der Waals surface area contributed by atoms with Crippen molar-refractivity contribution in [1.82, 2.24) is 4.90 Å². The first-order valence-electron chi connectivity index (χ1n) is 7.36. The molecule has 0 radical (unpaired) electrons. The summed E-state index contributed by atoms with van der Waals surface area (Å²) in [7, 11) is 2.10. The molecule has 0 unspecified atom stereocenters. The highest BCUT2D eigenvalue weighted by Gasteiger charge is 1.94. The maximum atomic E-state index is 5.35. The van der Waals surface area contributed by atoms with E-state index in [0.29, 0.717) is 0 Å². The van der Waals surface area contributed by atoms with Crippen LogP contribution in [-0.4, -0.2) is 38.1 Å². The van der Waals surface area contributed by atoms with Gasteiger partial charge in [0.15, 0.2) is 0 Å². The first-order valence-corrected chi connectivity index (χ1v) is 7.36. The molecule has 4 N–H and O–H groups in total. The lowest BCUT2D eigenvalue weighted by atomic mass is 10.3. The van der Waals surface area contributed by atoms with Crippen molar-refractivity contribution in [3.05, 3.63) is 0 Å². The predicted molar refractivity (Wildman–Crippen MR) is 85.9 cm³/mol. The molecular weight excluding hydrogens is 222 g/mol. The summed E-state index contributed by atoms with van der Waals surface area (Å²) >= 11 is 0. The third-order valence-electron chi connectivity index (χ3n) is 1.49. The van der Waals surface area contributed by atoms with Crippen molar-refractivity contribution >= 4 is 0 Å². The van der Waals surface area contributed by atoms with Gasteiger partial charge in [-0.25, -0.2) is 0 Å². The molecule has 3 heteroatoms. The summed E-state index contributed by atoms with van der Waals surface area (Å²) < 4.78 is 0. The third kappa shape index (κ3) is 56.6. The Kier molecular flexibility index (Phi) is 24.6. The Labute approximate surface area is 116 Å². The molecule has 18 heavy (non-hydrogen) atoms. The second-order valence-electron chi connectivity index (χ2n) is 6.05. The molecule has 0 aromatic heterocycles. The Morgan fingerprint density at radius 3 is 1.11 bits per heavy atom. The van der Waals surface area contributed by atoms with Crippen LogP contribution in [0.1, 0.15) is 54.4 Å². The first-order chi connectivity index (χ1) is 8.27. The normalized spacial score (nSPS) is 10.0. The van der Waals surface area contributed by atoms with E-state index >= 15 is 0 Å². The van der Waals surface area contributed by atoms with Gasteiger partial charge in [-0.05, 0) is 57.9 Å². The summed E-state index contributed by atoms with van der Waals surface area (Å²) in [5.41, 5.74) is 10.7. The van der Waals surface area contributed by atoms with Crippen LogP contribution < -0.4 is 11.5 Å². The van der Waals surface area contributed by atoms with E-state index in [1.54, 1.807) is 0 Å². The molecule has 0 saturated heterocycles. The van der Waals surface area contributed by atoms with Crippen molar-refractivity contribution in [3.8, 4) is 0 Å². The zero-order chi connectivity index (χ0) is 15.0. The van der Waals surface area contributed by atoms with Gasteiger partial charge in [0.25, 0.3) is 0 Å². The van der Waals surface area contributed by atoms with E-state index < -0.39 is 0 Å². The second kappa shape index (κ2) is 19.2. The highest BCUT2D eigenvalue weighted by molar-refractivity contribution is 4.52. The molecule has 0 bridgehead atoms. The second-order valence-corrected chi connectivity index (χ2v) is 6.05. The molecule has 0 rings (SSSR count). The number of rotatable bonds is 6. The van der Waals surface area contributed by atoms with Crippen LogP contribution in [0.5, 0.6) is 0 Å². The van der Waals surface area contributed by atoms with Gasteiger partial charge in [0.1, 0.15) is 0 Å². The molecule has 0 aliphatic heterocycles. The fourth-order valence-corrected chi connectivity index (χ4v) is 0.834. The zero-order valence-electron chi connectivity index (χ0n) is 14.0. The summed E-state index contributed by atoms with van der Waals surface area (Å²) in [6, 6.07) is 0. The van der Waals surface area contributed by atoms with Gasteiger partial charge in [-0.1, -0.05) is 41.5 Å². The van der Waals surface area contributed by atoms with Gasteiger partial charge in [0.2, 0.25) is 0 Å². The van der Waals surface area contributed by atoms with Gasteiger partial charge >= 0.3 is 0 Å². The van der Waals surface area contributed by atoms with Gasteiger partial charge < -0.3 is 16.4 Å². The lowest BCUT2D eigenvalue weighted by Crippen LogP contribution is -2.24. The van der Waals surface area contributed by atoms with Crippen LogP contribution >= 0.6 is 0 Å². The smallest absolute Gasteiger partial charge is 0.000976 e. The van der Waals surface area contributed by atoms with Crippen LogP contribution in [0.25, 0.3) is 0 Å². The molecule has 0 spiro atoms. The van der Waals surface area contributed by atoms with Crippen LogP contribution in [0.3, 0.4) is 0 Å². The minimum atomic E-state index is 0.785. The molecule has 0 aliphatic carbocycles. The van der Waals surface area contributed by atoms with Crippen molar-refractivity contribution in [3.63, 3.8) is 0 Å². The van der Waals surface area contributed by atoms with E-state index in [1.807, 2.05) is 0 Å². The lowest BCUT2D eigenvalue weighted by molar-refractivity contribution is 0.329. The van der Waals surface area contributed by atoms with Crippen LogP contribution in [0.15, 0.2) is 0 Å². The summed E-state index contributed by atoms with van der Waals surface area (Å²) in [5.74, 6) is 1.67. The summed E-state index contributed by atoms with van der Waals surface area (Å²) in [6.45, 7) is 16.8. The number of nitrogens with zero attached hydrogens (tertiary/aromatic N) is 1. The van der Waals surface area contributed by atoms with E-state index in [4.69, 9.17) is 11.5 Å². The van der Waals surface area contributed by atoms with Crippen LogP contribution in [0.4, 0.5) is 0 Å². The lowest BCUT2D eigenvalue weighted by Gasteiger charge is -2.14. The van der Waals surface area contributed by atoms with Gasteiger partial charge in [-0.3, -0.25) is 0 Å². The molecular formula is C15H39N3. The molecule has 0 aromatic carbocycles. The van der Waals surface area contributed by atoms with Crippen molar-refractivity contribution in [2.24, 2.45) is 23.3 Å². The fourth-order valence-electron chi connectivity index (χ4n) is 0.834. The highest BCUT2D eigenvalue weighted by Crippen LogP contribution is 1.87. The molecule has 0 aliphatic rings. The van der Waals surface area contributed by atoms with E-state index in [0.717, 1.165) is 50.9 Å². The van der Waals surface area contributed by atoms with Crippen LogP contribution in [0.2, 0.25) is 0 Å². The van der Waals surface area contributed by atoms with E-state index in [1.165, 1.54) is 0 Å². The van der Waals surface area contributed by atoms with E-state index in [9.17, 15) is 0 Å². The third-order valence-corrected chi connectivity index (χ3v) is 1.49. The maximum absolute atomic E-state index is 5.35. The minimum Gasteiger partial charge on any atom is -0.330 e. The van der Waals surface area contributed by atoms with Gasteiger partial charge in [0.05, 0.1) is 0 Å². The standard InChI is InChI=1S/C7H19N3.2C4H10/c1-10(6-2-4-8)7-3-5-9;2*1-4(2)3/h2-9H2,1H3;2*4H,1-3H3. The van der Waals surface area contributed by atoms with Crippen molar-refractivity contribution in [2.75, 3.05) is 33.2 Å². The van der Waals surface area contributed by atoms with Crippen LogP contribution in [-0.2, 0) is 0 Å². The molecule has 114 valence electrons. The Morgan fingerprint density at radius 2 is 0.944 bits per heavy atom. The average Bonchev–Trinajstić information content (AvgIpc) is 2.21. The molecule has 0 heterocycles. The molecule has 0 fully saturated rings. The van der Waals surface area contributed by atoms with Gasteiger partial charge in [0, 0.05) is 0 Å². The maximum Gasteiger partial charge on any atom is -0.000976 e. The topological polar surface area (TPSA) is 55.3 Å². The Bertz CT molecular complexity index is 105. The van der Waals surface area contributed by atoms with Crippen molar-refractivity contribution < 1.29 is 0 Å². The monoisotopic (exact) mass is 261 g/mol. The molecule has 0 saturated carbocycles. The largest absolute Gasteiger partial charge is 0.330 e. The highest BCUT2D eigenvalue weighted by atomic mass is 15.1. The van der Waals surface area contributed by atoms with Crippen LogP contribution in [0, 0.1) is 11.8 Å². The van der Waals surface area contributed by atoms with Crippen molar-refractivity contribution in [1.29, 1.82) is 0 Å². The summed E-state index contributed by atoms with van der Waals surface area (Å²) in [4.78, 5) is 2.26. The summed E-state index contributed by atoms with van der Waals surface area (Å²) in [5, 5.41) is 0.